The number of ketones is 1. The molecular formula is C27H26O. The van der Waals surface area contributed by atoms with Gasteiger partial charge in [-0.1, -0.05) is 99.2 Å². The minimum atomic E-state index is -0.0112. The number of rotatable bonds is 3. The van der Waals surface area contributed by atoms with E-state index in [1.165, 1.54) is 22.3 Å². The molecule has 0 radical (unpaired) electrons. The molecule has 0 fully saturated rings. The fourth-order valence-corrected chi connectivity index (χ4v) is 4.11. The quantitative estimate of drug-likeness (QED) is 0.468. The van der Waals surface area contributed by atoms with Gasteiger partial charge in [-0.3, -0.25) is 4.79 Å². The number of benzene rings is 3. The lowest BCUT2D eigenvalue weighted by atomic mass is 9.79. The van der Waals surface area contributed by atoms with Crippen LogP contribution in [0.25, 0.3) is 6.08 Å². The van der Waals surface area contributed by atoms with Gasteiger partial charge in [0.05, 0.1) is 0 Å². The summed E-state index contributed by atoms with van der Waals surface area (Å²) in [5, 5.41) is 0. The van der Waals surface area contributed by atoms with Crippen molar-refractivity contribution in [2.24, 2.45) is 0 Å². The summed E-state index contributed by atoms with van der Waals surface area (Å²) in [5.74, 6) is 0.228. The first-order chi connectivity index (χ1) is 13.4. The van der Waals surface area contributed by atoms with Gasteiger partial charge in [0, 0.05) is 17.0 Å². The number of hydrogen-bond donors (Lipinski definition) is 0. The second kappa shape index (κ2) is 6.91. The average Bonchev–Trinajstić information content (AvgIpc) is 3.02. The number of allylic oxidation sites excluding steroid dienone is 1. The highest BCUT2D eigenvalue weighted by atomic mass is 16.1. The van der Waals surface area contributed by atoms with Crippen LogP contribution in [0.3, 0.4) is 0 Å². The van der Waals surface area contributed by atoms with Crippen molar-refractivity contribution >= 4 is 11.9 Å². The van der Waals surface area contributed by atoms with Crippen LogP contribution >= 0.6 is 0 Å². The molecule has 0 heterocycles. The van der Waals surface area contributed by atoms with Gasteiger partial charge in [-0.15, -0.1) is 0 Å². The lowest BCUT2D eigenvalue weighted by Crippen LogP contribution is -2.16. The van der Waals surface area contributed by atoms with Gasteiger partial charge in [-0.05, 0) is 40.7 Å². The second-order valence-corrected chi connectivity index (χ2v) is 8.70. The summed E-state index contributed by atoms with van der Waals surface area (Å²) in [6.45, 7) is 8.73. The lowest BCUT2D eigenvalue weighted by Gasteiger charge is -2.24. The summed E-state index contributed by atoms with van der Waals surface area (Å²) >= 11 is 0. The van der Waals surface area contributed by atoms with Gasteiger partial charge in [-0.25, -0.2) is 0 Å². The SMILES string of the molecule is CC1=Cc2ccccc2C1c1ccc(C(C)(C)C)cc1C(=O)c1ccccc1. The summed E-state index contributed by atoms with van der Waals surface area (Å²) in [5.41, 5.74) is 7.64. The zero-order chi connectivity index (χ0) is 19.9. The molecule has 3 aromatic carbocycles. The van der Waals surface area contributed by atoms with Gasteiger partial charge in [-0.2, -0.15) is 0 Å². The predicted molar refractivity (Wildman–Crippen MR) is 117 cm³/mol. The monoisotopic (exact) mass is 366 g/mol. The highest BCUT2D eigenvalue weighted by molar-refractivity contribution is 6.10. The maximum Gasteiger partial charge on any atom is 0.193 e. The Hall–Kier alpha value is -2.93. The van der Waals surface area contributed by atoms with Crippen LogP contribution < -0.4 is 0 Å². The first kappa shape index (κ1) is 18.4. The molecule has 4 rings (SSSR count). The van der Waals surface area contributed by atoms with E-state index in [-0.39, 0.29) is 17.1 Å². The Morgan fingerprint density at radius 3 is 2.21 bits per heavy atom. The van der Waals surface area contributed by atoms with Crippen molar-refractivity contribution in [3.63, 3.8) is 0 Å². The van der Waals surface area contributed by atoms with Crippen LogP contribution in [0, 0.1) is 0 Å². The van der Waals surface area contributed by atoms with Crippen LogP contribution in [0.5, 0.6) is 0 Å². The molecule has 1 aliphatic rings. The minimum Gasteiger partial charge on any atom is -0.289 e. The molecule has 1 nitrogen and oxygen atoms in total. The Morgan fingerprint density at radius 2 is 1.50 bits per heavy atom. The Morgan fingerprint density at radius 1 is 0.821 bits per heavy atom. The fourth-order valence-electron chi connectivity index (χ4n) is 4.11. The summed E-state index contributed by atoms with van der Waals surface area (Å²) in [6.07, 6.45) is 2.24. The van der Waals surface area contributed by atoms with Crippen LogP contribution in [0.2, 0.25) is 0 Å². The van der Waals surface area contributed by atoms with E-state index >= 15 is 0 Å². The average molecular weight is 367 g/mol. The molecule has 140 valence electrons. The van der Waals surface area contributed by atoms with Crippen molar-refractivity contribution in [2.75, 3.05) is 0 Å². The van der Waals surface area contributed by atoms with Crippen molar-refractivity contribution in [1.82, 2.24) is 0 Å². The molecule has 0 bridgehead atoms. The maximum absolute atomic E-state index is 13.5. The molecule has 0 saturated heterocycles. The Balaban J connectivity index is 1.91. The smallest absolute Gasteiger partial charge is 0.193 e. The Kier molecular flexibility index (Phi) is 4.55. The largest absolute Gasteiger partial charge is 0.289 e. The van der Waals surface area contributed by atoms with Crippen LogP contribution in [0.1, 0.15) is 71.8 Å². The van der Waals surface area contributed by atoms with Crippen molar-refractivity contribution in [3.05, 3.63) is 112 Å². The van der Waals surface area contributed by atoms with Crippen LogP contribution in [0.4, 0.5) is 0 Å². The van der Waals surface area contributed by atoms with E-state index in [0.717, 1.165) is 16.7 Å². The van der Waals surface area contributed by atoms with Crippen LogP contribution in [-0.2, 0) is 5.41 Å². The van der Waals surface area contributed by atoms with Gasteiger partial charge in [0.1, 0.15) is 0 Å². The molecule has 0 saturated carbocycles. The van der Waals surface area contributed by atoms with Gasteiger partial charge in [0.25, 0.3) is 0 Å². The molecule has 1 aliphatic carbocycles. The standard InChI is InChI=1S/C27H26O/c1-18-16-20-12-8-9-13-22(20)25(18)23-15-14-21(27(2,3)4)17-24(23)26(28)19-10-6-5-7-11-19/h5-17,25H,1-4H3. The van der Waals surface area contributed by atoms with Crippen molar-refractivity contribution in [2.45, 2.75) is 39.0 Å². The summed E-state index contributed by atoms with van der Waals surface area (Å²) in [7, 11) is 0. The van der Waals surface area contributed by atoms with Crippen molar-refractivity contribution < 1.29 is 4.79 Å². The summed E-state index contributed by atoms with van der Waals surface area (Å²) in [6, 6.07) is 24.6. The lowest BCUT2D eigenvalue weighted by molar-refractivity contribution is 0.103. The fraction of sp³-hybridized carbons (Fsp3) is 0.222. The van der Waals surface area contributed by atoms with E-state index in [9.17, 15) is 4.79 Å². The first-order valence-corrected chi connectivity index (χ1v) is 9.87. The first-order valence-electron chi connectivity index (χ1n) is 9.87. The van der Waals surface area contributed by atoms with Gasteiger partial charge in [0.15, 0.2) is 5.78 Å². The highest BCUT2D eigenvalue weighted by Gasteiger charge is 2.29. The third-order valence-electron chi connectivity index (χ3n) is 5.66. The molecule has 0 aromatic heterocycles. The zero-order valence-electron chi connectivity index (χ0n) is 17.0. The Bertz CT molecular complexity index is 1060. The van der Waals surface area contributed by atoms with Crippen LogP contribution in [0.15, 0.2) is 78.4 Å². The van der Waals surface area contributed by atoms with Crippen molar-refractivity contribution in [3.8, 4) is 0 Å². The molecule has 0 N–H and O–H groups in total. The van der Waals surface area contributed by atoms with E-state index in [0.29, 0.717) is 0 Å². The molecule has 0 spiro atoms. The zero-order valence-corrected chi connectivity index (χ0v) is 17.0. The molecule has 1 heteroatoms. The summed E-state index contributed by atoms with van der Waals surface area (Å²) < 4.78 is 0. The molecular weight excluding hydrogens is 340 g/mol. The third kappa shape index (κ3) is 3.22. The Labute approximate surface area is 167 Å². The molecule has 28 heavy (non-hydrogen) atoms. The number of carbonyl (C=O) groups is 1. The molecule has 1 unspecified atom stereocenters. The van der Waals surface area contributed by atoms with E-state index < -0.39 is 0 Å². The molecule has 0 aliphatic heterocycles. The number of hydrogen-bond acceptors (Lipinski definition) is 1. The van der Waals surface area contributed by atoms with E-state index in [1.54, 1.807) is 0 Å². The van der Waals surface area contributed by atoms with E-state index in [1.807, 2.05) is 30.3 Å². The third-order valence-corrected chi connectivity index (χ3v) is 5.66. The molecule has 3 aromatic rings. The second-order valence-electron chi connectivity index (χ2n) is 8.70. The van der Waals surface area contributed by atoms with Gasteiger partial charge < -0.3 is 0 Å². The molecule has 1 atom stereocenters. The van der Waals surface area contributed by atoms with E-state index in [4.69, 9.17) is 0 Å². The predicted octanol–water partition coefficient (Wildman–Crippen LogP) is 6.76. The number of carbonyl (C=O) groups excluding carboxylic acids is 1. The van der Waals surface area contributed by atoms with Gasteiger partial charge in [0.2, 0.25) is 0 Å². The van der Waals surface area contributed by atoms with Crippen LogP contribution in [-0.4, -0.2) is 5.78 Å². The number of fused-ring (bicyclic) bond motifs is 1. The minimum absolute atomic E-state index is 0.0112. The maximum atomic E-state index is 13.5. The summed E-state index contributed by atoms with van der Waals surface area (Å²) in [4.78, 5) is 13.5. The normalized spacial score (nSPS) is 15.9. The highest BCUT2D eigenvalue weighted by Crippen LogP contribution is 2.43. The van der Waals surface area contributed by atoms with Crippen molar-refractivity contribution in [1.29, 1.82) is 0 Å². The molecule has 0 amide bonds. The van der Waals surface area contributed by atoms with Gasteiger partial charge >= 0.3 is 0 Å². The van der Waals surface area contributed by atoms with E-state index in [2.05, 4.69) is 76.2 Å². The topological polar surface area (TPSA) is 17.1 Å².